The van der Waals surface area contributed by atoms with Crippen molar-refractivity contribution in [3.05, 3.63) is 77.5 Å². The fraction of sp³-hybridized carbons (Fsp3) is 0.208. The summed E-state index contributed by atoms with van der Waals surface area (Å²) in [5.74, 6) is -0.263. The Labute approximate surface area is 180 Å². The number of anilines is 2. The lowest BCUT2D eigenvalue weighted by Gasteiger charge is -2.15. The average Bonchev–Trinajstić information content (AvgIpc) is 3.19. The van der Waals surface area contributed by atoms with Crippen LogP contribution in [0.4, 0.5) is 11.4 Å². The number of hydrogen-bond donors (Lipinski definition) is 3. The highest BCUT2D eigenvalue weighted by molar-refractivity contribution is 6.05. The lowest BCUT2D eigenvalue weighted by atomic mass is 10.0. The third kappa shape index (κ3) is 4.72. The molecule has 156 valence electrons. The van der Waals surface area contributed by atoms with Gasteiger partial charge in [0.15, 0.2) is 0 Å². The molecule has 1 fully saturated rings. The predicted octanol–water partition coefficient (Wildman–Crippen LogP) is 3.02. The molecule has 0 radical (unpaired) electrons. The lowest BCUT2D eigenvalue weighted by molar-refractivity contribution is 0.102. The number of nitrogens with one attached hydrogen (secondary N) is 1. The van der Waals surface area contributed by atoms with E-state index in [1.54, 1.807) is 54.7 Å². The van der Waals surface area contributed by atoms with Gasteiger partial charge in [0.2, 0.25) is 0 Å². The number of nitriles is 1. The van der Waals surface area contributed by atoms with E-state index in [9.17, 15) is 15.2 Å². The number of aromatic nitrogens is 1. The number of rotatable bonds is 5. The Morgan fingerprint density at radius 1 is 1.26 bits per heavy atom. The highest BCUT2D eigenvalue weighted by Crippen LogP contribution is 2.24. The fourth-order valence-electron chi connectivity index (χ4n) is 3.71. The maximum atomic E-state index is 12.5. The normalized spacial score (nSPS) is 16.1. The molecule has 1 amide bonds. The van der Waals surface area contributed by atoms with Crippen LogP contribution in [-0.2, 0) is 6.54 Å². The largest absolute Gasteiger partial charge is 0.397 e. The summed E-state index contributed by atoms with van der Waals surface area (Å²) in [6.45, 7) is 2.13. The molecular weight excluding hydrogens is 390 g/mol. The summed E-state index contributed by atoms with van der Waals surface area (Å²) in [4.78, 5) is 19.2. The van der Waals surface area contributed by atoms with Gasteiger partial charge >= 0.3 is 0 Å². The monoisotopic (exact) mass is 413 g/mol. The van der Waals surface area contributed by atoms with Crippen molar-refractivity contribution in [2.45, 2.75) is 19.1 Å². The van der Waals surface area contributed by atoms with Gasteiger partial charge in [-0.15, -0.1) is 0 Å². The minimum absolute atomic E-state index is 0.263. The Kier molecular flexibility index (Phi) is 5.94. The summed E-state index contributed by atoms with van der Waals surface area (Å²) in [6, 6.07) is 18.1. The second kappa shape index (κ2) is 8.96. The summed E-state index contributed by atoms with van der Waals surface area (Å²) in [6.07, 6.45) is 2.25. The van der Waals surface area contributed by atoms with Gasteiger partial charge in [0.25, 0.3) is 5.91 Å². The molecule has 1 atom stereocenters. The lowest BCUT2D eigenvalue weighted by Crippen LogP contribution is -2.21. The molecule has 7 nitrogen and oxygen atoms in total. The first kappa shape index (κ1) is 20.5. The minimum Gasteiger partial charge on any atom is -0.397 e. The summed E-state index contributed by atoms with van der Waals surface area (Å²) < 4.78 is 0. The van der Waals surface area contributed by atoms with Gasteiger partial charge in [-0.1, -0.05) is 24.3 Å². The number of likely N-dealkylation sites (tertiary alicyclic amines) is 1. The number of benzene rings is 2. The molecule has 1 saturated heterocycles. The van der Waals surface area contributed by atoms with Crippen LogP contribution < -0.4 is 11.1 Å². The number of aliphatic hydroxyl groups excluding tert-OH is 1. The number of nitrogens with two attached hydrogens (primary N) is 1. The van der Waals surface area contributed by atoms with E-state index in [1.807, 2.05) is 6.07 Å². The first-order valence-corrected chi connectivity index (χ1v) is 10.1. The van der Waals surface area contributed by atoms with Crippen LogP contribution in [0.2, 0.25) is 0 Å². The van der Waals surface area contributed by atoms with Crippen LogP contribution >= 0.6 is 0 Å². The number of hydrogen-bond acceptors (Lipinski definition) is 6. The third-order valence-electron chi connectivity index (χ3n) is 5.35. The molecule has 1 unspecified atom stereocenters. The maximum absolute atomic E-state index is 12.5. The molecule has 7 heteroatoms. The molecule has 0 aliphatic carbocycles. The number of nitrogen functional groups attached to an aromatic ring is 1. The Hall–Kier alpha value is -3.73. The molecule has 4 N–H and O–H groups in total. The van der Waals surface area contributed by atoms with E-state index in [1.165, 1.54) is 0 Å². The molecule has 31 heavy (non-hydrogen) atoms. The fourth-order valence-corrected chi connectivity index (χ4v) is 3.71. The Morgan fingerprint density at radius 3 is 2.71 bits per heavy atom. The van der Waals surface area contributed by atoms with Crippen molar-refractivity contribution in [1.82, 2.24) is 9.88 Å². The van der Waals surface area contributed by atoms with E-state index in [0.29, 0.717) is 41.3 Å². The molecular formula is C24H23N5O2. The van der Waals surface area contributed by atoms with Crippen molar-refractivity contribution in [1.29, 1.82) is 5.26 Å². The quantitative estimate of drug-likeness (QED) is 0.554. The summed E-state index contributed by atoms with van der Waals surface area (Å²) >= 11 is 0. The standard InChI is InChI=1S/C24H23N5O2/c25-12-19-11-16(14-29-10-9-20(30)15-29)13-27-23(19)17-5-7-18(8-6-17)24(31)28-22-4-2-1-3-21(22)26/h1-8,11,13,20,30H,9-10,14-15,26H2,(H,28,31). The van der Waals surface area contributed by atoms with Gasteiger partial charge in [0.1, 0.15) is 6.07 Å². The summed E-state index contributed by atoms with van der Waals surface area (Å²) in [5, 5.41) is 22.1. The number of nitrogens with zero attached hydrogens (tertiary/aromatic N) is 3. The van der Waals surface area contributed by atoms with Gasteiger partial charge in [0, 0.05) is 37.0 Å². The van der Waals surface area contributed by atoms with Crippen molar-refractivity contribution < 1.29 is 9.90 Å². The molecule has 0 spiro atoms. The Morgan fingerprint density at radius 2 is 2.03 bits per heavy atom. The van der Waals surface area contributed by atoms with Crippen molar-refractivity contribution in [2.24, 2.45) is 0 Å². The molecule has 1 aromatic heterocycles. The van der Waals surface area contributed by atoms with Crippen molar-refractivity contribution in [2.75, 3.05) is 24.1 Å². The van der Waals surface area contributed by atoms with Crippen molar-refractivity contribution >= 4 is 17.3 Å². The zero-order chi connectivity index (χ0) is 21.8. The highest BCUT2D eigenvalue weighted by Gasteiger charge is 2.20. The SMILES string of the molecule is N#Cc1cc(CN2CCC(O)C2)cnc1-c1ccc(C(=O)Nc2ccccc2N)cc1. The van der Waals surface area contributed by atoms with E-state index < -0.39 is 0 Å². The molecule has 0 saturated carbocycles. The molecule has 1 aliphatic heterocycles. The number of pyridine rings is 1. The molecule has 1 aliphatic rings. The van der Waals surface area contributed by atoms with Gasteiger partial charge in [-0.2, -0.15) is 5.26 Å². The van der Waals surface area contributed by atoms with Crippen LogP contribution in [0.1, 0.15) is 27.9 Å². The van der Waals surface area contributed by atoms with E-state index in [2.05, 4.69) is 21.3 Å². The number of carbonyl (C=O) groups excluding carboxylic acids is 1. The first-order chi connectivity index (χ1) is 15.0. The number of β-amino-alcohol motifs (C(OH)–C–C–N with tert-alkyl or cyclic N) is 1. The maximum Gasteiger partial charge on any atom is 0.255 e. The van der Waals surface area contributed by atoms with Crippen LogP contribution in [0.3, 0.4) is 0 Å². The van der Waals surface area contributed by atoms with E-state index in [0.717, 1.165) is 24.1 Å². The second-order valence-electron chi connectivity index (χ2n) is 7.65. The van der Waals surface area contributed by atoms with Gasteiger partial charge in [-0.3, -0.25) is 14.7 Å². The zero-order valence-electron chi connectivity index (χ0n) is 17.0. The Bertz CT molecular complexity index is 1140. The molecule has 2 aromatic carbocycles. The van der Waals surface area contributed by atoms with Gasteiger partial charge < -0.3 is 16.2 Å². The summed E-state index contributed by atoms with van der Waals surface area (Å²) in [5.41, 5.74) is 10.2. The number of carbonyl (C=O) groups is 1. The number of amides is 1. The van der Waals surface area contributed by atoms with Gasteiger partial charge in [0.05, 0.1) is 28.7 Å². The Balaban J connectivity index is 1.50. The van der Waals surface area contributed by atoms with E-state index >= 15 is 0 Å². The van der Waals surface area contributed by atoms with Gasteiger partial charge in [-0.25, -0.2) is 0 Å². The molecule has 4 rings (SSSR count). The van der Waals surface area contributed by atoms with Crippen LogP contribution in [0.25, 0.3) is 11.3 Å². The molecule has 0 bridgehead atoms. The summed E-state index contributed by atoms with van der Waals surface area (Å²) in [7, 11) is 0. The predicted molar refractivity (Wildman–Crippen MR) is 119 cm³/mol. The van der Waals surface area contributed by atoms with Crippen LogP contribution in [0.5, 0.6) is 0 Å². The van der Waals surface area contributed by atoms with Crippen molar-refractivity contribution in [3.63, 3.8) is 0 Å². The van der Waals surface area contributed by atoms with E-state index in [4.69, 9.17) is 5.73 Å². The number of para-hydroxylation sites is 2. The van der Waals surface area contributed by atoms with Crippen LogP contribution in [0, 0.1) is 11.3 Å². The minimum atomic E-state index is -0.281. The smallest absolute Gasteiger partial charge is 0.255 e. The topological polar surface area (TPSA) is 115 Å². The van der Waals surface area contributed by atoms with Crippen molar-refractivity contribution in [3.8, 4) is 17.3 Å². The zero-order valence-corrected chi connectivity index (χ0v) is 17.0. The van der Waals surface area contributed by atoms with E-state index in [-0.39, 0.29) is 12.0 Å². The van der Waals surface area contributed by atoms with Crippen LogP contribution in [-0.4, -0.2) is 40.1 Å². The molecule has 2 heterocycles. The van der Waals surface area contributed by atoms with Gasteiger partial charge in [-0.05, 0) is 42.3 Å². The number of aliphatic hydroxyl groups is 1. The first-order valence-electron chi connectivity index (χ1n) is 10.1. The molecule has 3 aromatic rings. The van der Waals surface area contributed by atoms with Crippen LogP contribution in [0.15, 0.2) is 60.8 Å². The third-order valence-corrected chi connectivity index (χ3v) is 5.35. The highest BCUT2D eigenvalue weighted by atomic mass is 16.3. The second-order valence-corrected chi connectivity index (χ2v) is 7.65. The average molecular weight is 413 g/mol.